The third kappa shape index (κ3) is 11.2. The van der Waals surface area contributed by atoms with E-state index >= 15 is 0 Å². The molecule has 2 nitrogen and oxygen atoms in total. The molecule has 2 unspecified atom stereocenters. The molecule has 1 aliphatic rings. The summed E-state index contributed by atoms with van der Waals surface area (Å²) in [5, 5.41) is 0. The maximum atomic E-state index is 4.08. The molecule has 9 aromatic carbocycles. The average molecular weight is 983 g/mol. The van der Waals surface area contributed by atoms with Gasteiger partial charge in [0, 0.05) is 34.1 Å². The standard InChI is InChI=1S/C74H66N2/c1-6-18-55(9-4)58-29-39-68(40-30-58)75(69-41-31-59(32-42-69)56-21-12-10-13-22-56)70-45-35-61(36-46-70)63-25-16-27-65(53-63)66-28-17-26-64(54-66)62-37-47-72(48-38-62)76(71-43-33-60(34-44-71)57-23-14-11-15-24-57)73-49-51-74(5,52-50-73)67(19-7-2)20-8-3/h7-18,20-51,53-54,67H,2,4,6,19,52H2,1,3,5H3/b20-8-,55-18+. The summed E-state index contributed by atoms with van der Waals surface area (Å²) >= 11 is 0. The van der Waals surface area contributed by atoms with Crippen molar-refractivity contribution in [3.05, 3.63) is 304 Å². The van der Waals surface area contributed by atoms with Crippen LogP contribution in [-0.2, 0) is 0 Å². The van der Waals surface area contributed by atoms with Gasteiger partial charge in [-0.1, -0.05) is 221 Å². The van der Waals surface area contributed by atoms with Gasteiger partial charge in [0.15, 0.2) is 0 Å². The Kier molecular flexibility index (Phi) is 15.6. The van der Waals surface area contributed by atoms with E-state index in [1.54, 1.807) is 0 Å². The van der Waals surface area contributed by atoms with E-state index in [-0.39, 0.29) is 5.41 Å². The molecule has 9 aromatic rings. The predicted octanol–water partition coefficient (Wildman–Crippen LogP) is 21.2. The molecule has 0 amide bonds. The van der Waals surface area contributed by atoms with Crippen molar-refractivity contribution >= 4 is 34.0 Å². The number of nitrogens with zero attached hydrogens (tertiary/aromatic N) is 2. The first-order chi connectivity index (χ1) is 37.3. The first-order valence-electron chi connectivity index (χ1n) is 26.7. The fourth-order valence-electron chi connectivity index (χ4n) is 10.6. The molecule has 1 aliphatic carbocycles. The summed E-state index contributed by atoms with van der Waals surface area (Å²) in [7, 11) is 0. The lowest BCUT2D eigenvalue weighted by Crippen LogP contribution is -2.27. The lowest BCUT2D eigenvalue weighted by molar-refractivity contribution is 0.309. The van der Waals surface area contributed by atoms with E-state index in [0.29, 0.717) is 5.92 Å². The number of allylic oxidation sites excluding steroid dienone is 9. The van der Waals surface area contributed by atoms with Crippen LogP contribution in [0.25, 0.3) is 61.2 Å². The van der Waals surface area contributed by atoms with Gasteiger partial charge in [-0.15, -0.1) is 6.58 Å². The molecule has 372 valence electrons. The van der Waals surface area contributed by atoms with E-state index in [2.05, 4.69) is 311 Å². The summed E-state index contributed by atoms with van der Waals surface area (Å²) in [6.45, 7) is 14.8. The number of benzene rings is 9. The van der Waals surface area contributed by atoms with E-state index in [1.165, 1.54) is 55.8 Å². The second-order valence-corrected chi connectivity index (χ2v) is 19.9. The Morgan fingerprint density at radius 3 is 1.25 bits per heavy atom. The molecular weight excluding hydrogens is 917 g/mol. The highest BCUT2D eigenvalue weighted by molar-refractivity contribution is 5.84. The largest absolute Gasteiger partial charge is 0.311 e. The Balaban J connectivity index is 0.914. The molecule has 0 bridgehead atoms. The molecule has 10 rings (SSSR count). The second-order valence-electron chi connectivity index (χ2n) is 19.9. The van der Waals surface area contributed by atoms with Crippen LogP contribution < -0.4 is 9.80 Å². The maximum Gasteiger partial charge on any atom is 0.0462 e. The van der Waals surface area contributed by atoms with Crippen molar-refractivity contribution in [3.8, 4) is 55.6 Å². The molecule has 0 radical (unpaired) electrons. The average Bonchev–Trinajstić information content (AvgIpc) is 3.49. The highest BCUT2D eigenvalue weighted by atomic mass is 15.1. The SMILES string of the molecule is C=CCC(/C=C\C)C1(C)C=CC(N(c2ccc(-c3ccccc3)cc2)c2ccc(-c3cccc(-c4cccc(-c5ccc(N(c6ccc(/C(C=C)=C/CC)cc6)c6ccc(-c7ccccc7)cc6)cc5)c4)c3)cc2)=CC1. The highest BCUT2D eigenvalue weighted by Crippen LogP contribution is 2.44. The van der Waals surface area contributed by atoms with Crippen molar-refractivity contribution in [2.24, 2.45) is 11.3 Å². The van der Waals surface area contributed by atoms with E-state index < -0.39 is 0 Å². The van der Waals surface area contributed by atoms with Crippen molar-refractivity contribution < 1.29 is 0 Å². The van der Waals surface area contributed by atoms with Gasteiger partial charge in [0.2, 0.25) is 0 Å². The Hall–Kier alpha value is -8.98. The minimum Gasteiger partial charge on any atom is -0.311 e. The van der Waals surface area contributed by atoms with E-state index in [9.17, 15) is 0 Å². The monoisotopic (exact) mass is 983 g/mol. The third-order valence-electron chi connectivity index (χ3n) is 14.9. The van der Waals surface area contributed by atoms with Gasteiger partial charge in [0.05, 0.1) is 0 Å². The number of hydrogen-bond acceptors (Lipinski definition) is 2. The van der Waals surface area contributed by atoms with Gasteiger partial charge in [-0.3, -0.25) is 0 Å². The second kappa shape index (κ2) is 23.5. The molecule has 2 heteroatoms. The molecule has 76 heavy (non-hydrogen) atoms. The topological polar surface area (TPSA) is 6.48 Å². The number of hydrogen-bond donors (Lipinski definition) is 0. The number of anilines is 5. The molecule has 0 aliphatic heterocycles. The van der Waals surface area contributed by atoms with E-state index in [4.69, 9.17) is 0 Å². The molecule has 0 spiro atoms. The highest BCUT2D eigenvalue weighted by Gasteiger charge is 2.31. The fourth-order valence-corrected chi connectivity index (χ4v) is 10.6. The molecule has 0 heterocycles. The van der Waals surface area contributed by atoms with Gasteiger partial charge in [-0.2, -0.15) is 0 Å². The van der Waals surface area contributed by atoms with Crippen LogP contribution in [0.3, 0.4) is 0 Å². The molecule has 0 N–H and O–H groups in total. The normalized spacial score (nSPS) is 14.7. The van der Waals surface area contributed by atoms with Crippen LogP contribution in [0.5, 0.6) is 0 Å². The summed E-state index contributed by atoms with van der Waals surface area (Å²) in [4.78, 5) is 4.73. The number of rotatable bonds is 18. The summed E-state index contributed by atoms with van der Waals surface area (Å²) in [6, 6.07) is 83.6. The fraction of sp³-hybridized carbons (Fsp3) is 0.108. The molecule has 0 saturated heterocycles. The van der Waals surface area contributed by atoms with Crippen LogP contribution in [0.15, 0.2) is 298 Å². The minimum absolute atomic E-state index is 0.00164. The molecule has 0 saturated carbocycles. The molecule has 2 atom stereocenters. The van der Waals surface area contributed by atoms with Crippen molar-refractivity contribution in [1.29, 1.82) is 0 Å². The molecular formula is C74H66N2. The Labute approximate surface area is 452 Å². The smallest absolute Gasteiger partial charge is 0.0462 e. The van der Waals surface area contributed by atoms with Crippen LogP contribution in [0, 0.1) is 11.3 Å². The van der Waals surface area contributed by atoms with Crippen LogP contribution in [-0.4, -0.2) is 0 Å². The Morgan fingerprint density at radius 2 is 0.868 bits per heavy atom. The van der Waals surface area contributed by atoms with Crippen molar-refractivity contribution in [2.45, 2.75) is 40.0 Å². The lowest BCUT2D eigenvalue weighted by atomic mass is 9.70. The Bertz CT molecular complexity index is 3520. The van der Waals surface area contributed by atoms with Gasteiger partial charge in [0.1, 0.15) is 0 Å². The van der Waals surface area contributed by atoms with E-state index in [0.717, 1.165) is 64.4 Å². The van der Waals surface area contributed by atoms with Crippen LogP contribution >= 0.6 is 0 Å². The maximum absolute atomic E-state index is 4.08. The van der Waals surface area contributed by atoms with Gasteiger partial charge < -0.3 is 9.80 Å². The predicted molar refractivity (Wildman–Crippen MR) is 328 cm³/mol. The molecule has 0 fully saturated rings. The minimum atomic E-state index is 0.00164. The lowest BCUT2D eigenvalue weighted by Gasteiger charge is -2.37. The van der Waals surface area contributed by atoms with Gasteiger partial charge in [0.25, 0.3) is 0 Å². The van der Waals surface area contributed by atoms with Crippen molar-refractivity contribution in [2.75, 3.05) is 9.80 Å². The first-order valence-corrected chi connectivity index (χ1v) is 26.7. The summed E-state index contributed by atoms with van der Waals surface area (Å²) in [5.41, 5.74) is 20.8. The van der Waals surface area contributed by atoms with Crippen molar-refractivity contribution in [1.82, 2.24) is 0 Å². The quantitative estimate of drug-likeness (QED) is 0.0624. The zero-order valence-electron chi connectivity index (χ0n) is 44.1. The van der Waals surface area contributed by atoms with Gasteiger partial charge >= 0.3 is 0 Å². The van der Waals surface area contributed by atoms with Crippen molar-refractivity contribution in [3.63, 3.8) is 0 Å². The van der Waals surface area contributed by atoms with E-state index in [1.807, 2.05) is 12.2 Å². The van der Waals surface area contributed by atoms with Crippen LogP contribution in [0.4, 0.5) is 28.4 Å². The van der Waals surface area contributed by atoms with Crippen LogP contribution in [0.1, 0.15) is 45.6 Å². The summed E-state index contributed by atoms with van der Waals surface area (Å²) < 4.78 is 0. The Morgan fingerprint density at radius 1 is 0.487 bits per heavy atom. The van der Waals surface area contributed by atoms with Crippen LogP contribution in [0.2, 0.25) is 0 Å². The summed E-state index contributed by atoms with van der Waals surface area (Å²) in [5.74, 6) is 0.383. The van der Waals surface area contributed by atoms with Gasteiger partial charge in [-0.25, -0.2) is 0 Å². The summed E-state index contributed by atoms with van der Waals surface area (Å²) in [6.07, 6.45) is 20.7. The first kappa shape index (κ1) is 50.5. The molecule has 0 aromatic heterocycles. The third-order valence-corrected chi connectivity index (χ3v) is 14.9. The van der Waals surface area contributed by atoms with Gasteiger partial charge in [-0.05, 0) is 183 Å². The zero-order chi connectivity index (χ0) is 52.3. The zero-order valence-corrected chi connectivity index (χ0v) is 44.1.